The third-order valence-corrected chi connectivity index (χ3v) is 6.83. The fourth-order valence-electron chi connectivity index (χ4n) is 4.48. The van der Waals surface area contributed by atoms with Gasteiger partial charge in [0, 0.05) is 63.6 Å². The SMILES string of the molecule is CN1CCN(C(=O)c2ccc3c(c2)[nH]c2c(C(N)=O)ccc(-c4ccc(Cl)cc4Cl)c23)CC1. The summed E-state index contributed by atoms with van der Waals surface area (Å²) < 4.78 is 0. The molecule has 1 fully saturated rings. The van der Waals surface area contributed by atoms with Crippen molar-refractivity contribution in [2.45, 2.75) is 0 Å². The molecule has 0 unspecified atom stereocenters. The molecule has 33 heavy (non-hydrogen) atoms. The van der Waals surface area contributed by atoms with Crippen LogP contribution in [0.5, 0.6) is 0 Å². The Morgan fingerprint density at radius 1 is 0.939 bits per heavy atom. The molecule has 0 atom stereocenters. The molecule has 3 aromatic carbocycles. The van der Waals surface area contributed by atoms with Crippen LogP contribution < -0.4 is 5.73 Å². The number of rotatable bonds is 3. The van der Waals surface area contributed by atoms with E-state index in [0.29, 0.717) is 39.8 Å². The lowest BCUT2D eigenvalue weighted by Crippen LogP contribution is -2.47. The highest BCUT2D eigenvalue weighted by Gasteiger charge is 2.22. The van der Waals surface area contributed by atoms with Gasteiger partial charge in [0.1, 0.15) is 0 Å². The Labute approximate surface area is 200 Å². The van der Waals surface area contributed by atoms with E-state index in [1.165, 1.54) is 0 Å². The molecular weight excluding hydrogens is 459 g/mol. The van der Waals surface area contributed by atoms with Gasteiger partial charge < -0.3 is 20.5 Å². The van der Waals surface area contributed by atoms with E-state index in [9.17, 15) is 9.59 Å². The molecule has 0 radical (unpaired) electrons. The number of benzene rings is 3. The average Bonchev–Trinajstić information content (AvgIpc) is 3.17. The number of nitrogens with zero attached hydrogens (tertiary/aromatic N) is 2. The Bertz CT molecular complexity index is 1420. The van der Waals surface area contributed by atoms with Gasteiger partial charge in [0.15, 0.2) is 0 Å². The zero-order valence-electron chi connectivity index (χ0n) is 18.0. The van der Waals surface area contributed by atoms with Gasteiger partial charge in [0.2, 0.25) is 0 Å². The van der Waals surface area contributed by atoms with Gasteiger partial charge >= 0.3 is 0 Å². The van der Waals surface area contributed by atoms with Crippen molar-refractivity contribution in [2.75, 3.05) is 33.2 Å². The lowest BCUT2D eigenvalue weighted by Gasteiger charge is -2.32. The highest BCUT2D eigenvalue weighted by molar-refractivity contribution is 6.37. The number of piperazine rings is 1. The topological polar surface area (TPSA) is 82.4 Å². The maximum absolute atomic E-state index is 13.1. The fourth-order valence-corrected chi connectivity index (χ4v) is 4.99. The highest BCUT2D eigenvalue weighted by atomic mass is 35.5. The molecule has 2 heterocycles. The summed E-state index contributed by atoms with van der Waals surface area (Å²) in [6, 6.07) is 14.4. The van der Waals surface area contributed by atoms with Gasteiger partial charge in [0.25, 0.3) is 11.8 Å². The van der Waals surface area contributed by atoms with Crippen LogP contribution in [0.15, 0.2) is 48.5 Å². The quantitative estimate of drug-likeness (QED) is 0.442. The van der Waals surface area contributed by atoms with Crippen LogP contribution in [0.4, 0.5) is 0 Å². The number of nitrogens with one attached hydrogen (secondary N) is 1. The summed E-state index contributed by atoms with van der Waals surface area (Å²) in [6.07, 6.45) is 0. The molecule has 168 valence electrons. The Morgan fingerprint density at radius 2 is 1.67 bits per heavy atom. The zero-order valence-corrected chi connectivity index (χ0v) is 19.5. The van der Waals surface area contributed by atoms with Crippen molar-refractivity contribution in [3.8, 4) is 11.1 Å². The smallest absolute Gasteiger partial charge is 0.254 e. The number of carbonyl (C=O) groups is 2. The van der Waals surface area contributed by atoms with Crippen LogP contribution in [0.2, 0.25) is 10.0 Å². The van der Waals surface area contributed by atoms with E-state index in [0.717, 1.165) is 40.5 Å². The highest BCUT2D eigenvalue weighted by Crippen LogP contribution is 2.40. The summed E-state index contributed by atoms with van der Waals surface area (Å²) in [6.45, 7) is 3.11. The van der Waals surface area contributed by atoms with E-state index >= 15 is 0 Å². The summed E-state index contributed by atoms with van der Waals surface area (Å²) in [5.74, 6) is -0.534. The molecule has 1 aliphatic rings. The normalized spacial score (nSPS) is 14.8. The first-order chi connectivity index (χ1) is 15.8. The molecule has 0 bridgehead atoms. The van der Waals surface area contributed by atoms with Crippen molar-refractivity contribution < 1.29 is 9.59 Å². The molecule has 1 aromatic heterocycles. The molecule has 1 saturated heterocycles. The van der Waals surface area contributed by atoms with Crippen molar-refractivity contribution >= 4 is 56.8 Å². The average molecular weight is 481 g/mol. The summed E-state index contributed by atoms with van der Waals surface area (Å²) in [4.78, 5) is 32.7. The number of hydrogen-bond donors (Lipinski definition) is 2. The number of likely N-dealkylation sites (N-methyl/N-ethyl adjacent to an activating group) is 1. The molecule has 4 aromatic rings. The van der Waals surface area contributed by atoms with Crippen LogP contribution in [0, 0.1) is 0 Å². The lowest BCUT2D eigenvalue weighted by molar-refractivity contribution is 0.0664. The van der Waals surface area contributed by atoms with Gasteiger partial charge in [-0.2, -0.15) is 0 Å². The minimum Gasteiger partial charge on any atom is -0.366 e. The van der Waals surface area contributed by atoms with Crippen LogP contribution in [-0.2, 0) is 0 Å². The van der Waals surface area contributed by atoms with Gasteiger partial charge in [-0.3, -0.25) is 9.59 Å². The van der Waals surface area contributed by atoms with Crippen molar-refractivity contribution in [2.24, 2.45) is 5.73 Å². The molecule has 5 rings (SSSR count). The molecule has 8 heteroatoms. The van der Waals surface area contributed by atoms with Crippen molar-refractivity contribution in [3.63, 3.8) is 0 Å². The second-order valence-corrected chi connectivity index (χ2v) is 9.22. The van der Waals surface area contributed by atoms with Crippen molar-refractivity contribution in [1.29, 1.82) is 0 Å². The molecule has 3 N–H and O–H groups in total. The monoisotopic (exact) mass is 480 g/mol. The van der Waals surface area contributed by atoms with Crippen molar-refractivity contribution in [3.05, 3.63) is 69.7 Å². The summed E-state index contributed by atoms with van der Waals surface area (Å²) in [7, 11) is 2.05. The second-order valence-electron chi connectivity index (χ2n) is 8.38. The van der Waals surface area contributed by atoms with Gasteiger partial charge in [0.05, 0.1) is 11.1 Å². The van der Waals surface area contributed by atoms with Gasteiger partial charge in [-0.05, 0) is 42.9 Å². The number of hydrogen-bond acceptors (Lipinski definition) is 3. The molecule has 0 saturated carbocycles. The number of carbonyl (C=O) groups excluding carboxylic acids is 2. The predicted octanol–water partition coefficient (Wildman–Crippen LogP) is 4.78. The summed E-state index contributed by atoms with van der Waals surface area (Å²) >= 11 is 12.6. The van der Waals surface area contributed by atoms with Crippen LogP contribution in [-0.4, -0.2) is 59.8 Å². The molecule has 1 aliphatic heterocycles. The molecule has 0 aliphatic carbocycles. The molecule has 0 spiro atoms. The van der Waals surface area contributed by atoms with Crippen molar-refractivity contribution in [1.82, 2.24) is 14.8 Å². The van der Waals surface area contributed by atoms with E-state index in [4.69, 9.17) is 28.9 Å². The Kier molecular flexibility index (Phi) is 5.52. The Hall–Kier alpha value is -3.06. The largest absolute Gasteiger partial charge is 0.366 e. The van der Waals surface area contributed by atoms with Crippen LogP contribution in [0.25, 0.3) is 32.9 Å². The summed E-state index contributed by atoms with van der Waals surface area (Å²) in [5, 5.41) is 2.75. The second kappa shape index (κ2) is 8.37. The minimum atomic E-state index is -0.533. The number of H-pyrrole nitrogens is 1. The van der Waals surface area contributed by atoms with E-state index in [-0.39, 0.29) is 5.91 Å². The first-order valence-corrected chi connectivity index (χ1v) is 11.4. The number of aromatic nitrogens is 1. The van der Waals surface area contributed by atoms with Crippen LogP contribution >= 0.6 is 23.2 Å². The number of amides is 2. The van der Waals surface area contributed by atoms with Gasteiger partial charge in [-0.15, -0.1) is 0 Å². The maximum Gasteiger partial charge on any atom is 0.254 e. The standard InChI is InChI=1S/C25H22Cl2N4O2/c1-30-8-10-31(11-9-30)25(33)14-2-4-18-21(12-14)29-23-19(24(28)32)7-6-17(22(18)23)16-5-3-15(26)13-20(16)27/h2-7,12-13,29H,8-11H2,1H3,(H2,28,32). The molecular formula is C25H22Cl2N4O2. The fraction of sp³-hybridized carbons (Fsp3) is 0.200. The number of nitrogens with two attached hydrogens (primary N) is 1. The van der Waals surface area contributed by atoms with E-state index in [1.54, 1.807) is 18.2 Å². The molecule has 6 nitrogen and oxygen atoms in total. The Morgan fingerprint density at radius 3 is 2.36 bits per heavy atom. The minimum absolute atomic E-state index is 0.000231. The first kappa shape index (κ1) is 21.8. The number of primary amides is 1. The number of aromatic amines is 1. The lowest BCUT2D eigenvalue weighted by atomic mass is 9.96. The maximum atomic E-state index is 13.1. The van der Waals surface area contributed by atoms with E-state index < -0.39 is 5.91 Å². The van der Waals surface area contributed by atoms with Crippen LogP contribution in [0.1, 0.15) is 20.7 Å². The Balaban J connectivity index is 1.68. The third kappa shape index (κ3) is 3.84. The van der Waals surface area contributed by atoms with Gasteiger partial charge in [-0.1, -0.05) is 41.4 Å². The van der Waals surface area contributed by atoms with E-state index in [2.05, 4.69) is 16.9 Å². The first-order valence-electron chi connectivity index (χ1n) is 10.6. The summed E-state index contributed by atoms with van der Waals surface area (Å²) in [5.41, 5.74) is 9.65. The van der Waals surface area contributed by atoms with Gasteiger partial charge in [-0.25, -0.2) is 0 Å². The van der Waals surface area contributed by atoms with E-state index in [1.807, 2.05) is 35.2 Å². The number of fused-ring (bicyclic) bond motifs is 3. The molecule has 2 amide bonds. The number of halogens is 2. The van der Waals surface area contributed by atoms with Crippen LogP contribution in [0.3, 0.4) is 0 Å². The third-order valence-electron chi connectivity index (χ3n) is 6.28. The predicted molar refractivity (Wildman–Crippen MR) is 133 cm³/mol. The zero-order chi connectivity index (χ0) is 23.3.